The van der Waals surface area contributed by atoms with Crippen molar-refractivity contribution in [1.29, 1.82) is 0 Å². The number of guanidine groups is 1. The number of hydrogen-bond donors (Lipinski definition) is 2. The molecule has 0 amide bonds. The molecule has 7 heteroatoms. The number of hydrogen-bond acceptors (Lipinski definition) is 4. The van der Waals surface area contributed by atoms with Crippen molar-refractivity contribution < 1.29 is 13.9 Å². The van der Waals surface area contributed by atoms with Gasteiger partial charge in [-0.2, -0.15) is 0 Å². The molecule has 1 aromatic heterocycles. The van der Waals surface area contributed by atoms with Gasteiger partial charge in [0.15, 0.2) is 5.96 Å². The third-order valence-corrected chi connectivity index (χ3v) is 4.43. The van der Waals surface area contributed by atoms with Gasteiger partial charge in [-0.05, 0) is 61.0 Å². The first kappa shape index (κ1) is 22.1. The van der Waals surface area contributed by atoms with E-state index in [1.54, 1.807) is 25.4 Å². The standard InChI is InChI=1S/C24H27FN4O2/c1-18(31-23-12-8-20(25)9-13-23)15-28-24(26-2)29-16-19-6-10-22(11-7-19)30-17-21-5-3-4-14-27-21/h3-14,18H,15-17H2,1-2H3,(H2,26,28,29). The van der Waals surface area contributed by atoms with Gasteiger partial charge in [0.05, 0.1) is 12.2 Å². The quantitative estimate of drug-likeness (QED) is 0.404. The normalized spacial score (nSPS) is 12.2. The van der Waals surface area contributed by atoms with Gasteiger partial charge in [-0.1, -0.05) is 18.2 Å². The molecule has 0 saturated heterocycles. The molecule has 0 saturated carbocycles. The van der Waals surface area contributed by atoms with E-state index in [0.717, 1.165) is 17.0 Å². The van der Waals surface area contributed by atoms with Crippen molar-refractivity contribution in [3.05, 3.63) is 90.0 Å². The van der Waals surface area contributed by atoms with Crippen molar-refractivity contribution >= 4 is 5.96 Å². The predicted molar refractivity (Wildman–Crippen MR) is 120 cm³/mol. The number of benzene rings is 2. The minimum atomic E-state index is -0.282. The Morgan fingerprint density at radius 1 is 1.00 bits per heavy atom. The highest BCUT2D eigenvalue weighted by molar-refractivity contribution is 5.79. The Balaban J connectivity index is 1.40. The molecule has 162 valence electrons. The lowest BCUT2D eigenvalue weighted by Gasteiger charge is -2.18. The fourth-order valence-electron chi connectivity index (χ4n) is 2.78. The lowest BCUT2D eigenvalue weighted by atomic mass is 10.2. The van der Waals surface area contributed by atoms with Crippen molar-refractivity contribution in [2.45, 2.75) is 26.2 Å². The lowest BCUT2D eigenvalue weighted by molar-refractivity contribution is 0.223. The van der Waals surface area contributed by atoms with Crippen LogP contribution in [0.25, 0.3) is 0 Å². The molecule has 2 N–H and O–H groups in total. The molecule has 3 rings (SSSR count). The third-order valence-electron chi connectivity index (χ3n) is 4.43. The second-order valence-electron chi connectivity index (χ2n) is 6.94. The van der Waals surface area contributed by atoms with Gasteiger partial charge in [0.2, 0.25) is 0 Å². The van der Waals surface area contributed by atoms with E-state index in [1.807, 2.05) is 49.4 Å². The van der Waals surface area contributed by atoms with Crippen LogP contribution in [0.5, 0.6) is 11.5 Å². The molecule has 2 aromatic carbocycles. The average Bonchev–Trinajstić information content (AvgIpc) is 2.81. The number of pyridine rings is 1. The van der Waals surface area contributed by atoms with Crippen molar-refractivity contribution in [2.75, 3.05) is 13.6 Å². The fraction of sp³-hybridized carbons (Fsp3) is 0.250. The molecule has 0 spiro atoms. The molecule has 31 heavy (non-hydrogen) atoms. The van der Waals surface area contributed by atoms with Crippen LogP contribution in [0.1, 0.15) is 18.2 Å². The Morgan fingerprint density at radius 2 is 1.74 bits per heavy atom. The molecular formula is C24H27FN4O2. The van der Waals surface area contributed by atoms with Crippen LogP contribution >= 0.6 is 0 Å². The Hall–Kier alpha value is -3.61. The van der Waals surface area contributed by atoms with Gasteiger partial charge < -0.3 is 20.1 Å². The number of nitrogens with one attached hydrogen (secondary N) is 2. The van der Waals surface area contributed by atoms with Gasteiger partial charge in [0, 0.05) is 19.8 Å². The molecule has 0 bridgehead atoms. The molecular weight excluding hydrogens is 395 g/mol. The smallest absolute Gasteiger partial charge is 0.191 e. The Morgan fingerprint density at radius 3 is 2.42 bits per heavy atom. The molecule has 0 fully saturated rings. The monoisotopic (exact) mass is 422 g/mol. The van der Waals surface area contributed by atoms with Crippen molar-refractivity contribution in [2.24, 2.45) is 4.99 Å². The fourth-order valence-corrected chi connectivity index (χ4v) is 2.78. The van der Waals surface area contributed by atoms with E-state index in [1.165, 1.54) is 12.1 Å². The SMILES string of the molecule is CN=C(NCc1ccc(OCc2ccccn2)cc1)NCC(C)Oc1ccc(F)cc1. The first-order valence-corrected chi connectivity index (χ1v) is 10.1. The van der Waals surface area contributed by atoms with Crippen LogP contribution < -0.4 is 20.1 Å². The average molecular weight is 423 g/mol. The summed E-state index contributed by atoms with van der Waals surface area (Å²) in [6.07, 6.45) is 1.64. The first-order valence-electron chi connectivity index (χ1n) is 10.1. The summed E-state index contributed by atoms with van der Waals surface area (Å²) in [5.74, 6) is 1.81. The maximum Gasteiger partial charge on any atom is 0.191 e. The van der Waals surface area contributed by atoms with Crippen LogP contribution in [0, 0.1) is 5.82 Å². The number of aliphatic imine (C=N–C) groups is 1. The zero-order valence-corrected chi connectivity index (χ0v) is 17.7. The van der Waals surface area contributed by atoms with Gasteiger partial charge in [-0.3, -0.25) is 9.98 Å². The largest absolute Gasteiger partial charge is 0.489 e. The van der Waals surface area contributed by atoms with E-state index in [4.69, 9.17) is 9.47 Å². The van der Waals surface area contributed by atoms with Crippen molar-refractivity contribution in [3.63, 3.8) is 0 Å². The topological polar surface area (TPSA) is 67.8 Å². The summed E-state index contributed by atoms with van der Waals surface area (Å²) < 4.78 is 24.5. The van der Waals surface area contributed by atoms with E-state index in [-0.39, 0.29) is 11.9 Å². The van der Waals surface area contributed by atoms with E-state index >= 15 is 0 Å². The summed E-state index contributed by atoms with van der Waals surface area (Å²) in [6.45, 7) is 3.55. The summed E-state index contributed by atoms with van der Waals surface area (Å²) in [5.41, 5.74) is 1.99. The highest BCUT2D eigenvalue weighted by atomic mass is 19.1. The molecule has 0 aliphatic heterocycles. The van der Waals surface area contributed by atoms with E-state index in [9.17, 15) is 4.39 Å². The Bertz CT molecular complexity index is 948. The van der Waals surface area contributed by atoms with Gasteiger partial charge >= 0.3 is 0 Å². The lowest BCUT2D eigenvalue weighted by Crippen LogP contribution is -2.41. The van der Waals surface area contributed by atoms with Crippen LogP contribution in [0.15, 0.2) is 77.9 Å². The minimum absolute atomic E-state index is 0.112. The molecule has 3 aromatic rings. The maximum atomic E-state index is 13.0. The minimum Gasteiger partial charge on any atom is -0.489 e. The number of nitrogens with zero attached hydrogens (tertiary/aromatic N) is 2. The predicted octanol–water partition coefficient (Wildman–Crippen LogP) is 3.93. The molecule has 1 unspecified atom stereocenters. The second kappa shape index (κ2) is 11.5. The van der Waals surface area contributed by atoms with Crippen LogP contribution in [-0.4, -0.2) is 30.6 Å². The maximum absolute atomic E-state index is 13.0. The van der Waals surface area contributed by atoms with Crippen LogP contribution in [0.4, 0.5) is 4.39 Å². The van der Waals surface area contributed by atoms with Gasteiger partial charge in [0.25, 0.3) is 0 Å². The summed E-state index contributed by atoms with van der Waals surface area (Å²) in [6, 6.07) is 19.6. The highest BCUT2D eigenvalue weighted by Gasteiger charge is 2.06. The summed E-state index contributed by atoms with van der Waals surface area (Å²) in [7, 11) is 1.72. The molecule has 6 nitrogen and oxygen atoms in total. The Labute approximate surface area is 182 Å². The number of rotatable bonds is 9. The van der Waals surface area contributed by atoms with Crippen molar-refractivity contribution in [1.82, 2.24) is 15.6 Å². The molecule has 1 heterocycles. The number of ether oxygens (including phenoxy) is 2. The number of halogens is 1. The second-order valence-corrected chi connectivity index (χ2v) is 6.94. The summed E-state index contributed by atoms with van der Waals surface area (Å²) in [4.78, 5) is 8.48. The van der Waals surface area contributed by atoms with Gasteiger partial charge in [-0.25, -0.2) is 4.39 Å². The van der Waals surface area contributed by atoms with E-state index < -0.39 is 0 Å². The van der Waals surface area contributed by atoms with Crippen molar-refractivity contribution in [3.8, 4) is 11.5 Å². The molecule has 0 aliphatic rings. The number of aromatic nitrogens is 1. The molecule has 1 atom stereocenters. The zero-order chi connectivity index (χ0) is 21.9. The Kier molecular flexibility index (Phi) is 8.22. The zero-order valence-electron chi connectivity index (χ0n) is 17.7. The van der Waals surface area contributed by atoms with Crippen LogP contribution in [0.2, 0.25) is 0 Å². The summed E-state index contributed by atoms with van der Waals surface area (Å²) in [5, 5.41) is 6.50. The highest BCUT2D eigenvalue weighted by Crippen LogP contribution is 2.14. The molecule has 0 radical (unpaired) electrons. The summed E-state index contributed by atoms with van der Waals surface area (Å²) >= 11 is 0. The van der Waals surface area contributed by atoms with Crippen LogP contribution in [0.3, 0.4) is 0 Å². The van der Waals surface area contributed by atoms with Gasteiger partial charge in [0.1, 0.15) is 30.0 Å². The van der Waals surface area contributed by atoms with E-state index in [0.29, 0.717) is 31.4 Å². The van der Waals surface area contributed by atoms with Gasteiger partial charge in [-0.15, -0.1) is 0 Å². The molecule has 0 aliphatic carbocycles. The first-order chi connectivity index (χ1) is 15.1. The third kappa shape index (κ3) is 7.62. The van der Waals surface area contributed by atoms with Crippen LogP contribution in [-0.2, 0) is 13.2 Å². The van der Waals surface area contributed by atoms with E-state index in [2.05, 4.69) is 20.6 Å².